The van der Waals surface area contributed by atoms with Crippen molar-refractivity contribution in [2.45, 2.75) is 20.3 Å². The molecule has 0 aromatic carbocycles. The third kappa shape index (κ3) is 3.16. The topological polar surface area (TPSA) is 72.7 Å². The maximum absolute atomic E-state index is 11.6. The summed E-state index contributed by atoms with van der Waals surface area (Å²) in [4.78, 5) is 27.3. The van der Waals surface area contributed by atoms with Crippen molar-refractivity contribution in [2.75, 3.05) is 11.9 Å². The number of rotatable bonds is 4. The van der Waals surface area contributed by atoms with Crippen LogP contribution in [0.15, 0.2) is 22.8 Å². The number of nitrogens with one attached hydrogen (secondary N) is 1. The monoisotopic (exact) mass is 339 g/mol. The molecular formula is C13H14BrN3O3. The zero-order chi connectivity index (χ0) is 14.7. The third-order valence-corrected chi connectivity index (χ3v) is 3.04. The zero-order valence-corrected chi connectivity index (χ0v) is 12.7. The Labute approximate surface area is 124 Å². The molecule has 0 spiro atoms. The van der Waals surface area contributed by atoms with Gasteiger partial charge in [-0.2, -0.15) is 0 Å². The Kier molecular flexibility index (Phi) is 4.39. The molecule has 0 bridgehead atoms. The second-order valence-electron chi connectivity index (χ2n) is 4.15. The first-order chi connectivity index (χ1) is 9.51. The zero-order valence-electron chi connectivity index (χ0n) is 11.1. The van der Waals surface area contributed by atoms with E-state index in [0.717, 1.165) is 4.47 Å². The summed E-state index contributed by atoms with van der Waals surface area (Å²) in [6, 6.07) is 3.64. The van der Waals surface area contributed by atoms with Crippen LogP contribution >= 0.6 is 15.9 Å². The van der Waals surface area contributed by atoms with Crippen molar-refractivity contribution < 1.29 is 14.3 Å². The van der Waals surface area contributed by atoms with Gasteiger partial charge in [0.05, 0.1) is 18.7 Å². The van der Waals surface area contributed by atoms with Crippen LogP contribution in [0, 0.1) is 0 Å². The van der Waals surface area contributed by atoms with Crippen molar-refractivity contribution in [2.24, 2.45) is 0 Å². The Morgan fingerprint density at radius 1 is 1.45 bits per heavy atom. The van der Waals surface area contributed by atoms with Gasteiger partial charge in [-0.15, -0.1) is 0 Å². The maximum Gasteiger partial charge on any atom is 0.312 e. The predicted octanol–water partition coefficient (Wildman–Crippen LogP) is 2.16. The summed E-state index contributed by atoms with van der Waals surface area (Å²) in [5.41, 5.74) is 1.13. The van der Waals surface area contributed by atoms with Crippen molar-refractivity contribution in [3.63, 3.8) is 0 Å². The molecule has 106 valence electrons. The molecule has 0 unspecified atom stereocenters. The van der Waals surface area contributed by atoms with Crippen molar-refractivity contribution in [1.82, 2.24) is 9.38 Å². The number of nitrogens with zero attached hydrogens (tertiary/aromatic N) is 2. The molecule has 6 nitrogen and oxygen atoms in total. The molecule has 1 N–H and O–H groups in total. The van der Waals surface area contributed by atoms with Crippen LogP contribution in [0.25, 0.3) is 5.65 Å². The van der Waals surface area contributed by atoms with Gasteiger partial charge in [0.2, 0.25) is 5.91 Å². The number of fused-ring (bicyclic) bond motifs is 1. The van der Waals surface area contributed by atoms with E-state index in [0.29, 0.717) is 23.8 Å². The number of ether oxygens (including phenoxy) is 1. The van der Waals surface area contributed by atoms with Gasteiger partial charge >= 0.3 is 5.97 Å². The summed E-state index contributed by atoms with van der Waals surface area (Å²) in [5, 5.41) is 2.70. The van der Waals surface area contributed by atoms with E-state index in [1.165, 1.54) is 6.92 Å². The van der Waals surface area contributed by atoms with Crippen LogP contribution in [0.1, 0.15) is 19.5 Å². The van der Waals surface area contributed by atoms with Gasteiger partial charge in [-0.25, -0.2) is 4.98 Å². The van der Waals surface area contributed by atoms with E-state index in [1.807, 2.05) is 6.07 Å². The highest BCUT2D eigenvalue weighted by atomic mass is 79.9. The lowest BCUT2D eigenvalue weighted by Gasteiger charge is -2.05. The molecule has 0 atom stereocenters. The van der Waals surface area contributed by atoms with Crippen LogP contribution in [0.3, 0.4) is 0 Å². The van der Waals surface area contributed by atoms with E-state index in [4.69, 9.17) is 4.74 Å². The molecule has 2 rings (SSSR count). The second-order valence-corrected chi connectivity index (χ2v) is 5.06. The fraction of sp³-hybridized carbons (Fsp3) is 0.308. The number of hydrogen-bond acceptors (Lipinski definition) is 4. The average molecular weight is 340 g/mol. The molecule has 2 heterocycles. The summed E-state index contributed by atoms with van der Waals surface area (Å²) in [6.45, 7) is 3.46. The number of amides is 1. The molecule has 0 aliphatic heterocycles. The van der Waals surface area contributed by atoms with E-state index in [1.54, 1.807) is 23.6 Å². The Balaban J connectivity index is 2.46. The normalized spacial score (nSPS) is 10.6. The van der Waals surface area contributed by atoms with E-state index in [2.05, 4.69) is 26.2 Å². The highest BCUT2D eigenvalue weighted by Crippen LogP contribution is 2.22. The molecule has 1 amide bonds. The third-order valence-electron chi connectivity index (χ3n) is 2.57. The van der Waals surface area contributed by atoms with Crippen molar-refractivity contribution in [3.8, 4) is 0 Å². The van der Waals surface area contributed by atoms with Gasteiger partial charge in [-0.3, -0.25) is 14.0 Å². The molecule has 0 aliphatic carbocycles. The Morgan fingerprint density at radius 3 is 2.85 bits per heavy atom. The van der Waals surface area contributed by atoms with E-state index >= 15 is 0 Å². The lowest BCUT2D eigenvalue weighted by Crippen LogP contribution is -2.13. The first kappa shape index (κ1) is 14.5. The maximum atomic E-state index is 11.6. The molecule has 0 fully saturated rings. The SMILES string of the molecule is CCOC(=O)Cc1nc2ccc(Br)cn2c1NC(C)=O. The molecule has 0 saturated heterocycles. The molecular weight excluding hydrogens is 326 g/mol. The minimum absolute atomic E-state index is 0.0166. The number of halogens is 1. The van der Waals surface area contributed by atoms with Crippen LogP contribution < -0.4 is 5.32 Å². The number of hydrogen-bond donors (Lipinski definition) is 1. The van der Waals surface area contributed by atoms with E-state index in [-0.39, 0.29) is 18.3 Å². The molecule has 2 aromatic rings. The van der Waals surface area contributed by atoms with Crippen LogP contribution in [-0.2, 0) is 20.7 Å². The summed E-state index contributed by atoms with van der Waals surface area (Å²) in [6.07, 6.45) is 1.80. The Bertz CT molecular complexity index is 666. The van der Waals surface area contributed by atoms with Crippen LogP contribution in [0.4, 0.5) is 5.82 Å². The van der Waals surface area contributed by atoms with Gasteiger partial charge in [0, 0.05) is 17.6 Å². The first-order valence-corrected chi connectivity index (χ1v) is 6.90. The number of pyridine rings is 1. The quantitative estimate of drug-likeness (QED) is 0.866. The van der Waals surface area contributed by atoms with E-state index < -0.39 is 0 Å². The first-order valence-electron chi connectivity index (χ1n) is 6.11. The van der Waals surface area contributed by atoms with Crippen molar-refractivity contribution in [1.29, 1.82) is 0 Å². The molecule has 0 aliphatic rings. The standard InChI is InChI=1S/C13H14BrN3O3/c1-3-20-12(19)6-10-13(15-8(2)18)17-7-9(14)4-5-11(17)16-10/h4-5,7H,3,6H2,1-2H3,(H,15,18). The van der Waals surface area contributed by atoms with Gasteiger partial charge < -0.3 is 10.1 Å². The molecule has 2 aromatic heterocycles. The number of carbonyl (C=O) groups is 2. The largest absolute Gasteiger partial charge is 0.466 e. The lowest BCUT2D eigenvalue weighted by molar-refractivity contribution is -0.142. The van der Waals surface area contributed by atoms with Gasteiger partial charge in [0.1, 0.15) is 11.5 Å². The van der Waals surface area contributed by atoms with Crippen LogP contribution in [-0.4, -0.2) is 27.9 Å². The summed E-state index contributed by atoms with van der Waals surface area (Å²) in [7, 11) is 0. The van der Waals surface area contributed by atoms with Gasteiger partial charge in [0.25, 0.3) is 0 Å². The van der Waals surface area contributed by atoms with Gasteiger partial charge in [-0.1, -0.05) is 0 Å². The lowest BCUT2D eigenvalue weighted by atomic mass is 10.3. The average Bonchev–Trinajstić information content (AvgIpc) is 2.67. The van der Waals surface area contributed by atoms with Gasteiger partial charge in [-0.05, 0) is 35.0 Å². The summed E-state index contributed by atoms with van der Waals surface area (Å²) < 4.78 is 7.48. The van der Waals surface area contributed by atoms with Crippen molar-refractivity contribution in [3.05, 3.63) is 28.5 Å². The molecule has 0 radical (unpaired) electrons. The predicted molar refractivity (Wildman–Crippen MR) is 77.5 cm³/mol. The van der Waals surface area contributed by atoms with Crippen LogP contribution in [0.5, 0.6) is 0 Å². The number of esters is 1. The molecule has 0 saturated carbocycles. The number of imidazole rings is 1. The summed E-state index contributed by atoms with van der Waals surface area (Å²) >= 11 is 3.36. The smallest absolute Gasteiger partial charge is 0.312 e. The minimum atomic E-state index is -0.374. The molecule has 20 heavy (non-hydrogen) atoms. The summed E-state index contributed by atoms with van der Waals surface area (Å²) in [5.74, 6) is -0.111. The Hall–Kier alpha value is -1.89. The highest BCUT2D eigenvalue weighted by Gasteiger charge is 2.17. The fourth-order valence-corrected chi connectivity index (χ4v) is 2.18. The fourth-order valence-electron chi connectivity index (χ4n) is 1.84. The second kappa shape index (κ2) is 6.04. The number of aromatic nitrogens is 2. The van der Waals surface area contributed by atoms with Gasteiger partial charge in [0.15, 0.2) is 0 Å². The van der Waals surface area contributed by atoms with Crippen molar-refractivity contribution >= 4 is 39.3 Å². The number of carbonyl (C=O) groups excluding carboxylic acids is 2. The van der Waals surface area contributed by atoms with Crippen LogP contribution in [0.2, 0.25) is 0 Å². The molecule has 7 heteroatoms. The highest BCUT2D eigenvalue weighted by molar-refractivity contribution is 9.10. The van der Waals surface area contributed by atoms with E-state index in [9.17, 15) is 9.59 Å². The number of anilines is 1. The Morgan fingerprint density at radius 2 is 2.20 bits per heavy atom. The minimum Gasteiger partial charge on any atom is -0.466 e.